The first-order valence-corrected chi connectivity index (χ1v) is 9.74. The monoisotopic (exact) mass is 378 g/mol. The van der Waals surface area contributed by atoms with E-state index < -0.39 is 15.9 Å². The number of benzene rings is 2. The van der Waals surface area contributed by atoms with Crippen LogP contribution in [0.4, 0.5) is 5.69 Å². The first-order valence-electron chi connectivity index (χ1n) is 7.85. The largest absolute Gasteiger partial charge is 0.493 e. The average Bonchev–Trinajstić information content (AvgIpc) is 2.58. The minimum Gasteiger partial charge on any atom is -0.493 e. The van der Waals surface area contributed by atoms with Crippen molar-refractivity contribution in [2.75, 3.05) is 25.2 Å². The van der Waals surface area contributed by atoms with Crippen molar-refractivity contribution >= 4 is 21.6 Å². The van der Waals surface area contributed by atoms with Crippen LogP contribution in [-0.2, 0) is 22.9 Å². The molecule has 140 valence electrons. The van der Waals surface area contributed by atoms with Crippen LogP contribution in [0.5, 0.6) is 11.5 Å². The average molecular weight is 378 g/mol. The van der Waals surface area contributed by atoms with Gasteiger partial charge in [0.2, 0.25) is 15.9 Å². The number of rotatable bonds is 8. The van der Waals surface area contributed by atoms with Crippen molar-refractivity contribution in [3.05, 3.63) is 53.1 Å². The smallest absolute Gasteiger partial charge is 0.248 e. The topological polar surface area (TPSA) is 108 Å². The van der Waals surface area contributed by atoms with Crippen molar-refractivity contribution in [3.63, 3.8) is 0 Å². The Morgan fingerprint density at radius 2 is 1.73 bits per heavy atom. The standard InChI is InChI=1S/C18H22N2O5S/c1-24-16-9-5-12(10-17(16)25-2)4-6-13-11-14(20-26(3,22)23)7-8-15(13)18(19)21/h5,7-11,20H,4,6H2,1-3H3,(H2,19,21). The number of carbonyl (C=O) groups is 1. The van der Waals surface area contributed by atoms with Gasteiger partial charge in [0.1, 0.15) is 0 Å². The highest BCUT2D eigenvalue weighted by atomic mass is 32.2. The highest BCUT2D eigenvalue weighted by molar-refractivity contribution is 7.92. The number of hydrogen-bond acceptors (Lipinski definition) is 5. The summed E-state index contributed by atoms with van der Waals surface area (Å²) < 4.78 is 35.7. The molecule has 2 rings (SSSR count). The molecular weight excluding hydrogens is 356 g/mol. The molecule has 0 aliphatic carbocycles. The fraction of sp³-hybridized carbons (Fsp3) is 0.278. The molecule has 0 bridgehead atoms. The molecule has 0 unspecified atom stereocenters. The molecule has 1 amide bonds. The van der Waals surface area contributed by atoms with E-state index in [1.54, 1.807) is 20.3 Å². The Kier molecular flexibility index (Phi) is 6.10. The minimum atomic E-state index is -3.41. The van der Waals surface area contributed by atoms with Crippen LogP contribution in [-0.4, -0.2) is 34.8 Å². The van der Waals surface area contributed by atoms with Gasteiger partial charge >= 0.3 is 0 Å². The summed E-state index contributed by atoms with van der Waals surface area (Å²) in [4.78, 5) is 11.7. The lowest BCUT2D eigenvalue weighted by atomic mass is 9.98. The highest BCUT2D eigenvalue weighted by Crippen LogP contribution is 2.28. The minimum absolute atomic E-state index is 0.365. The summed E-state index contributed by atoms with van der Waals surface area (Å²) in [7, 11) is -0.278. The van der Waals surface area contributed by atoms with Crippen molar-refractivity contribution in [3.8, 4) is 11.5 Å². The molecule has 0 saturated heterocycles. The molecule has 0 aromatic heterocycles. The summed E-state index contributed by atoms with van der Waals surface area (Å²) in [6.45, 7) is 0. The van der Waals surface area contributed by atoms with Crippen molar-refractivity contribution in [2.24, 2.45) is 5.73 Å². The van der Waals surface area contributed by atoms with E-state index >= 15 is 0 Å². The third kappa shape index (κ3) is 5.13. The zero-order valence-corrected chi connectivity index (χ0v) is 15.7. The van der Waals surface area contributed by atoms with Crippen molar-refractivity contribution in [1.82, 2.24) is 0 Å². The molecule has 0 heterocycles. The second-order valence-electron chi connectivity index (χ2n) is 5.80. The van der Waals surface area contributed by atoms with E-state index in [4.69, 9.17) is 15.2 Å². The van der Waals surface area contributed by atoms with Crippen molar-refractivity contribution in [2.45, 2.75) is 12.8 Å². The summed E-state index contributed by atoms with van der Waals surface area (Å²) in [6, 6.07) is 10.2. The summed E-state index contributed by atoms with van der Waals surface area (Å²) in [5, 5.41) is 0. The van der Waals surface area contributed by atoms with Crippen LogP contribution in [0.25, 0.3) is 0 Å². The van der Waals surface area contributed by atoms with E-state index in [1.165, 1.54) is 12.1 Å². The van der Waals surface area contributed by atoms with E-state index in [0.29, 0.717) is 41.2 Å². The molecule has 7 nitrogen and oxygen atoms in total. The number of sulfonamides is 1. The number of ether oxygens (including phenoxy) is 2. The lowest BCUT2D eigenvalue weighted by Crippen LogP contribution is -2.15. The van der Waals surface area contributed by atoms with Gasteiger partial charge < -0.3 is 15.2 Å². The maximum absolute atomic E-state index is 11.7. The van der Waals surface area contributed by atoms with Gasteiger partial charge in [-0.05, 0) is 54.3 Å². The first kappa shape index (κ1) is 19.6. The highest BCUT2D eigenvalue weighted by Gasteiger charge is 2.12. The number of anilines is 1. The maximum Gasteiger partial charge on any atom is 0.248 e. The Bertz CT molecular complexity index is 910. The van der Waals surface area contributed by atoms with E-state index in [0.717, 1.165) is 11.8 Å². The lowest BCUT2D eigenvalue weighted by molar-refractivity contribution is 0.0999. The number of hydrogen-bond donors (Lipinski definition) is 2. The second-order valence-corrected chi connectivity index (χ2v) is 7.55. The van der Waals surface area contributed by atoms with Crippen LogP contribution in [0.2, 0.25) is 0 Å². The van der Waals surface area contributed by atoms with Gasteiger partial charge in [0.05, 0.1) is 20.5 Å². The van der Waals surface area contributed by atoms with Gasteiger partial charge in [-0.1, -0.05) is 6.07 Å². The van der Waals surface area contributed by atoms with Crippen LogP contribution >= 0.6 is 0 Å². The number of carbonyl (C=O) groups excluding carboxylic acids is 1. The molecule has 2 aromatic carbocycles. The molecule has 3 N–H and O–H groups in total. The first-order chi connectivity index (χ1) is 12.2. The van der Waals surface area contributed by atoms with Gasteiger partial charge in [0.25, 0.3) is 0 Å². The number of aryl methyl sites for hydroxylation is 2. The summed E-state index contributed by atoms with van der Waals surface area (Å²) in [5.74, 6) is 0.694. The van der Waals surface area contributed by atoms with Crippen LogP contribution in [0.3, 0.4) is 0 Å². The molecule has 26 heavy (non-hydrogen) atoms. The number of amides is 1. The fourth-order valence-electron chi connectivity index (χ4n) is 2.63. The Labute approximate surface area is 153 Å². The molecule has 8 heteroatoms. The molecule has 0 aliphatic rings. The number of nitrogens with one attached hydrogen (secondary N) is 1. The molecule has 0 atom stereocenters. The number of methoxy groups -OCH3 is 2. The Morgan fingerprint density at radius 3 is 2.31 bits per heavy atom. The van der Waals surface area contributed by atoms with Gasteiger partial charge in [0.15, 0.2) is 11.5 Å². The number of primary amides is 1. The fourth-order valence-corrected chi connectivity index (χ4v) is 3.19. The third-order valence-corrected chi connectivity index (χ3v) is 4.41. The van der Waals surface area contributed by atoms with E-state index in [-0.39, 0.29) is 0 Å². The normalized spacial score (nSPS) is 11.0. The van der Waals surface area contributed by atoms with Gasteiger partial charge in [-0.2, -0.15) is 0 Å². The summed E-state index contributed by atoms with van der Waals surface area (Å²) >= 11 is 0. The zero-order valence-electron chi connectivity index (χ0n) is 14.9. The van der Waals surface area contributed by atoms with Crippen molar-refractivity contribution in [1.29, 1.82) is 0 Å². The van der Waals surface area contributed by atoms with Gasteiger partial charge in [-0.25, -0.2) is 8.42 Å². The molecule has 2 aromatic rings. The van der Waals surface area contributed by atoms with Gasteiger partial charge in [-0.3, -0.25) is 9.52 Å². The Balaban J connectivity index is 2.27. The van der Waals surface area contributed by atoms with E-state index in [2.05, 4.69) is 4.72 Å². The van der Waals surface area contributed by atoms with Crippen LogP contribution in [0.15, 0.2) is 36.4 Å². The third-order valence-electron chi connectivity index (χ3n) is 3.80. The van der Waals surface area contributed by atoms with Crippen molar-refractivity contribution < 1.29 is 22.7 Å². The summed E-state index contributed by atoms with van der Waals surface area (Å²) in [6.07, 6.45) is 2.19. The summed E-state index contributed by atoms with van der Waals surface area (Å²) in [5.41, 5.74) is 7.84. The molecule has 0 saturated carbocycles. The van der Waals surface area contributed by atoms with Crippen LogP contribution in [0.1, 0.15) is 21.5 Å². The van der Waals surface area contributed by atoms with Crippen LogP contribution in [0, 0.1) is 0 Å². The van der Waals surface area contributed by atoms with Gasteiger partial charge in [0, 0.05) is 11.3 Å². The quantitative estimate of drug-likeness (QED) is 0.730. The van der Waals surface area contributed by atoms with Gasteiger partial charge in [-0.15, -0.1) is 0 Å². The van der Waals surface area contributed by atoms with Crippen LogP contribution < -0.4 is 19.9 Å². The Morgan fingerprint density at radius 1 is 1.04 bits per heavy atom. The number of nitrogens with two attached hydrogens (primary N) is 1. The predicted octanol–water partition coefficient (Wildman–Crippen LogP) is 1.96. The predicted molar refractivity (Wildman–Crippen MR) is 100 cm³/mol. The molecule has 0 aliphatic heterocycles. The molecule has 0 radical (unpaired) electrons. The van der Waals surface area contributed by atoms with E-state index in [9.17, 15) is 13.2 Å². The molecular formula is C18H22N2O5S. The second kappa shape index (κ2) is 8.09. The molecule has 0 fully saturated rings. The van der Waals surface area contributed by atoms with E-state index in [1.807, 2.05) is 18.2 Å². The maximum atomic E-state index is 11.7. The SMILES string of the molecule is COc1ccc(CCc2cc(NS(C)(=O)=O)ccc2C(N)=O)cc1OC. The Hall–Kier alpha value is -2.74. The molecule has 0 spiro atoms. The lowest BCUT2D eigenvalue weighted by Gasteiger charge is -2.12. The zero-order chi connectivity index (χ0) is 19.3.